The van der Waals surface area contributed by atoms with E-state index in [1.807, 2.05) is 26.0 Å². The van der Waals surface area contributed by atoms with Crippen molar-refractivity contribution in [2.45, 2.75) is 13.8 Å². The summed E-state index contributed by atoms with van der Waals surface area (Å²) in [4.78, 5) is 23.9. The number of hydrogen-bond donors (Lipinski definition) is 2. The van der Waals surface area contributed by atoms with E-state index >= 15 is 0 Å². The van der Waals surface area contributed by atoms with Crippen LogP contribution in [0.5, 0.6) is 5.75 Å². The molecule has 0 saturated heterocycles. The lowest BCUT2D eigenvalue weighted by Gasteiger charge is -2.13. The summed E-state index contributed by atoms with van der Waals surface area (Å²) in [6.07, 6.45) is 0. The van der Waals surface area contributed by atoms with Gasteiger partial charge in [0.1, 0.15) is 5.75 Å². The number of nitrogens with one attached hydrogen (secondary N) is 2. The van der Waals surface area contributed by atoms with E-state index in [9.17, 15) is 9.59 Å². The van der Waals surface area contributed by atoms with Crippen molar-refractivity contribution in [2.75, 3.05) is 6.61 Å². The maximum absolute atomic E-state index is 12.0. The second kappa shape index (κ2) is 8.56. The summed E-state index contributed by atoms with van der Waals surface area (Å²) in [5, 5.41) is 0.607. The molecule has 0 aliphatic carbocycles. The van der Waals surface area contributed by atoms with Crippen LogP contribution in [0, 0.1) is 13.8 Å². The quantitative estimate of drug-likeness (QED) is 0.692. The van der Waals surface area contributed by atoms with E-state index in [-0.39, 0.29) is 17.2 Å². The minimum absolute atomic E-state index is 0.191. The maximum Gasteiger partial charge on any atom is 0.276 e. The Kier molecular flexibility index (Phi) is 6.70. The number of benzene rings is 2. The fourth-order valence-electron chi connectivity index (χ4n) is 2.17. The van der Waals surface area contributed by atoms with E-state index in [1.165, 1.54) is 18.2 Å². The molecule has 0 aliphatic heterocycles. The van der Waals surface area contributed by atoms with Gasteiger partial charge in [-0.3, -0.25) is 20.4 Å². The molecule has 2 rings (SSSR count). The summed E-state index contributed by atoms with van der Waals surface area (Å²) in [5.74, 6) is -0.420. The fourth-order valence-corrected chi connectivity index (χ4v) is 3.35. The Hall–Kier alpha value is -1.76. The van der Waals surface area contributed by atoms with Crippen LogP contribution in [-0.4, -0.2) is 18.4 Å². The van der Waals surface area contributed by atoms with Gasteiger partial charge in [0.2, 0.25) is 0 Å². The molecule has 0 spiro atoms. The Morgan fingerprint density at radius 2 is 1.72 bits per heavy atom. The van der Waals surface area contributed by atoms with Gasteiger partial charge in [-0.25, -0.2) is 0 Å². The van der Waals surface area contributed by atoms with Crippen molar-refractivity contribution in [3.05, 3.63) is 61.5 Å². The van der Waals surface area contributed by atoms with Crippen LogP contribution in [0.1, 0.15) is 21.5 Å². The number of rotatable bonds is 4. The van der Waals surface area contributed by atoms with E-state index in [0.717, 1.165) is 15.6 Å². The molecule has 2 aromatic rings. The van der Waals surface area contributed by atoms with Crippen LogP contribution in [0.15, 0.2) is 34.8 Å². The van der Waals surface area contributed by atoms with Crippen molar-refractivity contribution in [2.24, 2.45) is 0 Å². The average Bonchev–Trinajstić information content (AvgIpc) is 2.51. The van der Waals surface area contributed by atoms with Crippen LogP contribution < -0.4 is 15.6 Å². The van der Waals surface area contributed by atoms with Crippen LogP contribution in [-0.2, 0) is 4.79 Å². The topological polar surface area (TPSA) is 67.4 Å². The highest BCUT2D eigenvalue weighted by Crippen LogP contribution is 2.27. The molecule has 0 bridgehead atoms. The molecule has 0 radical (unpaired) electrons. The van der Waals surface area contributed by atoms with Crippen molar-refractivity contribution in [1.29, 1.82) is 0 Å². The minimum Gasteiger partial charge on any atom is -0.483 e. The van der Waals surface area contributed by atoms with Crippen LogP contribution >= 0.6 is 39.1 Å². The molecule has 0 aromatic heterocycles. The lowest BCUT2D eigenvalue weighted by molar-refractivity contribution is -0.123. The van der Waals surface area contributed by atoms with Crippen LogP contribution in [0.25, 0.3) is 0 Å². The third kappa shape index (κ3) is 5.36. The van der Waals surface area contributed by atoms with Gasteiger partial charge in [-0.2, -0.15) is 0 Å². The van der Waals surface area contributed by atoms with Gasteiger partial charge in [-0.15, -0.1) is 0 Å². The van der Waals surface area contributed by atoms with Gasteiger partial charge in [-0.1, -0.05) is 39.1 Å². The highest BCUT2D eigenvalue weighted by molar-refractivity contribution is 9.10. The molecule has 0 unspecified atom stereocenters. The molecule has 0 fully saturated rings. The first-order chi connectivity index (χ1) is 11.8. The number of hydrogen-bond acceptors (Lipinski definition) is 3. The van der Waals surface area contributed by atoms with E-state index in [2.05, 4.69) is 26.8 Å². The molecule has 2 aromatic carbocycles. The number of amides is 2. The van der Waals surface area contributed by atoms with Gasteiger partial charge in [-0.05, 0) is 55.3 Å². The number of halogens is 3. The predicted molar refractivity (Wildman–Crippen MR) is 101 cm³/mol. The second-order valence-corrected chi connectivity index (χ2v) is 7.04. The van der Waals surface area contributed by atoms with Crippen molar-refractivity contribution in [3.63, 3.8) is 0 Å². The SMILES string of the molecule is Cc1cc(Br)cc(C)c1OCC(=O)NNC(=O)c1ccc(Cl)cc1Cl. The average molecular weight is 446 g/mol. The summed E-state index contributed by atoms with van der Waals surface area (Å²) < 4.78 is 6.47. The molecule has 2 N–H and O–H groups in total. The first kappa shape index (κ1) is 19.6. The minimum atomic E-state index is -0.550. The maximum atomic E-state index is 12.0. The highest BCUT2D eigenvalue weighted by Gasteiger charge is 2.13. The van der Waals surface area contributed by atoms with Crippen molar-refractivity contribution in [3.8, 4) is 5.75 Å². The van der Waals surface area contributed by atoms with Gasteiger partial charge >= 0.3 is 0 Å². The Balaban J connectivity index is 1.90. The van der Waals surface area contributed by atoms with Gasteiger partial charge < -0.3 is 4.74 Å². The number of carbonyl (C=O) groups excluding carboxylic acids is 2. The van der Waals surface area contributed by atoms with Gasteiger partial charge in [0.25, 0.3) is 11.8 Å². The first-order valence-corrected chi connectivity index (χ1v) is 8.76. The van der Waals surface area contributed by atoms with Gasteiger partial charge in [0.05, 0.1) is 10.6 Å². The Bertz CT molecular complexity index is 805. The van der Waals surface area contributed by atoms with Crippen LogP contribution in [0.4, 0.5) is 0 Å². The van der Waals surface area contributed by atoms with Crippen molar-refractivity contribution in [1.82, 2.24) is 10.9 Å². The lowest BCUT2D eigenvalue weighted by atomic mass is 10.1. The third-order valence-electron chi connectivity index (χ3n) is 3.26. The van der Waals surface area contributed by atoms with Crippen molar-refractivity contribution >= 4 is 50.9 Å². The van der Waals surface area contributed by atoms with E-state index < -0.39 is 11.8 Å². The summed E-state index contributed by atoms with van der Waals surface area (Å²) in [6.45, 7) is 3.53. The Morgan fingerprint density at radius 1 is 1.08 bits per heavy atom. The van der Waals surface area contributed by atoms with E-state index in [0.29, 0.717) is 10.8 Å². The number of carbonyl (C=O) groups is 2. The fraction of sp³-hybridized carbons (Fsp3) is 0.176. The standard InChI is InChI=1S/C17H15BrCl2N2O3/c1-9-5-11(18)6-10(2)16(9)25-8-15(23)21-22-17(24)13-4-3-12(19)7-14(13)20/h3-7H,8H2,1-2H3,(H,21,23)(H,22,24). The second-order valence-electron chi connectivity index (χ2n) is 5.28. The summed E-state index contributed by atoms with van der Waals surface area (Å²) in [6, 6.07) is 8.24. The summed E-state index contributed by atoms with van der Waals surface area (Å²) >= 11 is 15.1. The normalized spacial score (nSPS) is 10.3. The number of aryl methyl sites for hydroxylation is 2. The number of ether oxygens (including phenoxy) is 1. The Labute approximate surface area is 163 Å². The molecule has 0 saturated carbocycles. The molecule has 2 amide bonds. The van der Waals surface area contributed by atoms with Gasteiger partial charge in [0, 0.05) is 9.50 Å². The monoisotopic (exact) mass is 444 g/mol. The highest BCUT2D eigenvalue weighted by atomic mass is 79.9. The Morgan fingerprint density at radius 3 is 2.32 bits per heavy atom. The molecule has 25 heavy (non-hydrogen) atoms. The molecular formula is C17H15BrCl2N2O3. The molecule has 5 nitrogen and oxygen atoms in total. The van der Waals surface area contributed by atoms with Gasteiger partial charge in [0.15, 0.2) is 6.61 Å². The lowest BCUT2D eigenvalue weighted by Crippen LogP contribution is -2.44. The summed E-state index contributed by atoms with van der Waals surface area (Å²) in [7, 11) is 0. The molecular weight excluding hydrogens is 431 g/mol. The molecule has 0 atom stereocenters. The largest absolute Gasteiger partial charge is 0.483 e. The number of hydrazine groups is 1. The summed E-state index contributed by atoms with van der Waals surface area (Å²) in [5.41, 5.74) is 6.56. The zero-order chi connectivity index (χ0) is 18.6. The predicted octanol–water partition coefficient (Wildman–Crippen LogP) is 4.21. The zero-order valence-electron chi connectivity index (χ0n) is 13.5. The van der Waals surface area contributed by atoms with E-state index in [4.69, 9.17) is 27.9 Å². The van der Waals surface area contributed by atoms with Crippen molar-refractivity contribution < 1.29 is 14.3 Å². The van der Waals surface area contributed by atoms with Crippen LogP contribution in [0.3, 0.4) is 0 Å². The molecule has 8 heteroatoms. The molecule has 0 heterocycles. The molecule has 0 aliphatic rings. The first-order valence-electron chi connectivity index (χ1n) is 7.21. The zero-order valence-corrected chi connectivity index (χ0v) is 16.6. The molecule has 132 valence electrons. The van der Waals surface area contributed by atoms with E-state index in [1.54, 1.807) is 0 Å². The smallest absolute Gasteiger partial charge is 0.276 e. The van der Waals surface area contributed by atoms with Crippen LogP contribution in [0.2, 0.25) is 10.0 Å². The third-order valence-corrected chi connectivity index (χ3v) is 4.27.